The first-order valence-corrected chi connectivity index (χ1v) is 6.77. The van der Waals surface area contributed by atoms with E-state index in [1.807, 2.05) is 20.8 Å². The summed E-state index contributed by atoms with van der Waals surface area (Å²) in [5, 5.41) is 18.9. The molecule has 0 unspecified atom stereocenters. The number of ether oxygens (including phenoxy) is 1. The highest BCUT2D eigenvalue weighted by Crippen LogP contribution is 2.23. The molecule has 0 bridgehead atoms. The number of hydrogen-bond donors (Lipinski definition) is 3. The fourth-order valence-corrected chi connectivity index (χ4v) is 2.21. The zero-order valence-electron chi connectivity index (χ0n) is 12.0. The number of amides is 1. The van der Waals surface area contributed by atoms with Gasteiger partial charge in [-0.25, -0.2) is 4.79 Å². The van der Waals surface area contributed by atoms with Crippen LogP contribution in [-0.4, -0.2) is 58.6 Å². The summed E-state index contributed by atoms with van der Waals surface area (Å²) in [6, 6.07) is -0.613. The molecule has 1 fully saturated rings. The van der Waals surface area contributed by atoms with Crippen LogP contribution in [0.4, 0.5) is 4.79 Å². The Hall–Kier alpha value is -0.850. The third-order valence-electron chi connectivity index (χ3n) is 3.32. The monoisotopic (exact) mass is 274 g/mol. The first-order valence-electron chi connectivity index (χ1n) is 6.77. The standard InChI is InChI=1S/C13H26N2O4/c1-13(2,3)19-12(18)15-6-4-9(5-7-15)11(17)10(14)8-16/h9-11,16-17H,4-8,14H2,1-3H3/t10-,11-/m0/s1. The van der Waals surface area contributed by atoms with Gasteiger partial charge in [-0.15, -0.1) is 0 Å². The van der Waals surface area contributed by atoms with Gasteiger partial charge in [-0.1, -0.05) is 0 Å². The highest BCUT2D eigenvalue weighted by molar-refractivity contribution is 5.68. The second kappa shape index (κ2) is 6.54. The molecule has 19 heavy (non-hydrogen) atoms. The highest BCUT2D eigenvalue weighted by Gasteiger charge is 2.31. The number of hydrogen-bond acceptors (Lipinski definition) is 5. The maximum absolute atomic E-state index is 11.9. The van der Waals surface area contributed by atoms with E-state index < -0.39 is 17.7 Å². The van der Waals surface area contributed by atoms with Gasteiger partial charge >= 0.3 is 6.09 Å². The largest absolute Gasteiger partial charge is 0.444 e. The maximum atomic E-state index is 11.9. The normalized spacial score (nSPS) is 21.1. The number of rotatable bonds is 3. The maximum Gasteiger partial charge on any atom is 0.410 e. The topological polar surface area (TPSA) is 96.0 Å². The van der Waals surface area contributed by atoms with Gasteiger partial charge in [0.1, 0.15) is 5.60 Å². The van der Waals surface area contributed by atoms with Crippen LogP contribution in [0, 0.1) is 5.92 Å². The van der Waals surface area contributed by atoms with Crippen LogP contribution in [0.15, 0.2) is 0 Å². The number of carbonyl (C=O) groups is 1. The number of aliphatic hydroxyl groups is 2. The van der Waals surface area contributed by atoms with Gasteiger partial charge < -0.3 is 25.6 Å². The third kappa shape index (κ3) is 4.97. The Kier molecular flexibility index (Phi) is 5.58. The van der Waals surface area contributed by atoms with Crippen LogP contribution in [0.5, 0.6) is 0 Å². The zero-order chi connectivity index (χ0) is 14.6. The van der Waals surface area contributed by atoms with E-state index in [0.717, 1.165) is 0 Å². The van der Waals surface area contributed by atoms with Crippen LogP contribution in [0.3, 0.4) is 0 Å². The Morgan fingerprint density at radius 3 is 2.37 bits per heavy atom. The lowest BCUT2D eigenvalue weighted by Crippen LogP contribution is -2.48. The lowest BCUT2D eigenvalue weighted by atomic mass is 9.88. The minimum absolute atomic E-state index is 0.0286. The summed E-state index contributed by atoms with van der Waals surface area (Å²) in [6.45, 7) is 6.38. The molecule has 1 heterocycles. The van der Waals surface area contributed by atoms with E-state index in [0.29, 0.717) is 25.9 Å². The van der Waals surface area contributed by atoms with E-state index in [9.17, 15) is 9.90 Å². The van der Waals surface area contributed by atoms with Gasteiger partial charge in [0.15, 0.2) is 0 Å². The summed E-state index contributed by atoms with van der Waals surface area (Å²) in [5.74, 6) is 0.0286. The SMILES string of the molecule is CC(C)(C)OC(=O)N1CCC([C@H](O)[C@@H](N)CO)CC1. The Labute approximate surface area is 114 Å². The van der Waals surface area contributed by atoms with Crippen LogP contribution in [0.2, 0.25) is 0 Å². The molecule has 0 aromatic rings. The van der Waals surface area contributed by atoms with Crippen molar-refractivity contribution in [1.82, 2.24) is 4.90 Å². The second-order valence-electron chi connectivity index (χ2n) is 6.14. The van der Waals surface area contributed by atoms with Gasteiger partial charge in [0.05, 0.1) is 18.8 Å². The van der Waals surface area contributed by atoms with E-state index in [-0.39, 0.29) is 18.6 Å². The average molecular weight is 274 g/mol. The van der Waals surface area contributed by atoms with Crippen molar-refractivity contribution in [2.24, 2.45) is 11.7 Å². The Bertz CT molecular complexity index is 296. The van der Waals surface area contributed by atoms with Gasteiger partial charge in [0.25, 0.3) is 0 Å². The quantitative estimate of drug-likeness (QED) is 0.688. The molecule has 112 valence electrons. The van der Waals surface area contributed by atoms with Crippen molar-refractivity contribution in [3.05, 3.63) is 0 Å². The lowest BCUT2D eigenvalue weighted by Gasteiger charge is -2.36. The lowest BCUT2D eigenvalue weighted by molar-refractivity contribution is 0.000231. The smallest absolute Gasteiger partial charge is 0.410 e. The first kappa shape index (κ1) is 16.2. The molecule has 2 atom stereocenters. The predicted octanol–water partition coefficient (Wildman–Crippen LogP) is 0.314. The van der Waals surface area contributed by atoms with Crippen molar-refractivity contribution in [1.29, 1.82) is 0 Å². The van der Waals surface area contributed by atoms with E-state index in [2.05, 4.69) is 0 Å². The molecule has 1 saturated heterocycles. The summed E-state index contributed by atoms with van der Waals surface area (Å²) in [5.41, 5.74) is 5.13. The Morgan fingerprint density at radius 1 is 1.42 bits per heavy atom. The number of nitrogens with two attached hydrogens (primary N) is 1. The van der Waals surface area contributed by atoms with E-state index >= 15 is 0 Å². The number of aliphatic hydroxyl groups excluding tert-OH is 2. The first-order chi connectivity index (χ1) is 8.74. The molecule has 0 radical (unpaired) electrons. The van der Waals surface area contributed by atoms with E-state index in [1.54, 1.807) is 4.90 Å². The van der Waals surface area contributed by atoms with Gasteiger partial charge in [0.2, 0.25) is 0 Å². The molecule has 0 aromatic carbocycles. The molecule has 1 aliphatic heterocycles. The Morgan fingerprint density at radius 2 is 1.95 bits per heavy atom. The van der Waals surface area contributed by atoms with Crippen molar-refractivity contribution in [3.8, 4) is 0 Å². The minimum Gasteiger partial charge on any atom is -0.444 e. The molecule has 4 N–H and O–H groups in total. The van der Waals surface area contributed by atoms with Crippen LogP contribution >= 0.6 is 0 Å². The van der Waals surface area contributed by atoms with Crippen LogP contribution < -0.4 is 5.73 Å². The molecule has 0 aromatic heterocycles. The number of carbonyl (C=O) groups excluding carboxylic acids is 1. The fourth-order valence-electron chi connectivity index (χ4n) is 2.21. The number of likely N-dealkylation sites (tertiary alicyclic amines) is 1. The number of nitrogens with zero attached hydrogens (tertiary/aromatic N) is 1. The summed E-state index contributed by atoms with van der Waals surface area (Å²) in [6.07, 6.45) is 0.320. The molecular formula is C13H26N2O4. The van der Waals surface area contributed by atoms with Gasteiger partial charge in [-0.2, -0.15) is 0 Å². The van der Waals surface area contributed by atoms with Crippen molar-refractivity contribution < 1.29 is 19.7 Å². The van der Waals surface area contributed by atoms with Crippen LogP contribution in [-0.2, 0) is 4.74 Å². The number of piperidine rings is 1. The van der Waals surface area contributed by atoms with Crippen molar-refractivity contribution >= 4 is 6.09 Å². The van der Waals surface area contributed by atoms with Gasteiger partial charge in [-0.3, -0.25) is 0 Å². The summed E-state index contributed by atoms with van der Waals surface area (Å²) in [7, 11) is 0. The third-order valence-corrected chi connectivity index (χ3v) is 3.32. The predicted molar refractivity (Wildman–Crippen MR) is 71.6 cm³/mol. The van der Waals surface area contributed by atoms with Crippen molar-refractivity contribution in [2.75, 3.05) is 19.7 Å². The molecule has 0 aliphatic carbocycles. The summed E-state index contributed by atoms with van der Waals surface area (Å²) >= 11 is 0. The van der Waals surface area contributed by atoms with Gasteiger partial charge in [0, 0.05) is 13.1 Å². The van der Waals surface area contributed by atoms with Crippen molar-refractivity contribution in [3.63, 3.8) is 0 Å². The Balaban J connectivity index is 2.42. The molecule has 1 rings (SSSR count). The molecule has 6 nitrogen and oxygen atoms in total. The molecular weight excluding hydrogens is 248 g/mol. The highest BCUT2D eigenvalue weighted by atomic mass is 16.6. The van der Waals surface area contributed by atoms with Crippen molar-refractivity contribution in [2.45, 2.75) is 51.4 Å². The molecule has 0 spiro atoms. The molecule has 0 saturated carbocycles. The van der Waals surface area contributed by atoms with Gasteiger partial charge in [-0.05, 0) is 39.5 Å². The molecule has 1 aliphatic rings. The zero-order valence-corrected chi connectivity index (χ0v) is 12.0. The fraction of sp³-hybridized carbons (Fsp3) is 0.923. The molecule has 1 amide bonds. The van der Waals surface area contributed by atoms with E-state index in [4.69, 9.17) is 15.6 Å². The minimum atomic E-state index is -0.717. The molecule has 6 heteroatoms. The van der Waals surface area contributed by atoms with Crippen LogP contribution in [0.1, 0.15) is 33.6 Å². The second-order valence-corrected chi connectivity index (χ2v) is 6.14. The summed E-state index contributed by atoms with van der Waals surface area (Å²) < 4.78 is 5.30. The average Bonchev–Trinajstić information content (AvgIpc) is 2.35. The summed E-state index contributed by atoms with van der Waals surface area (Å²) in [4.78, 5) is 13.5. The van der Waals surface area contributed by atoms with Crippen LogP contribution in [0.25, 0.3) is 0 Å². The van der Waals surface area contributed by atoms with E-state index in [1.165, 1.54) is 0 Å².